The number of hydrogen-bond donors (Lipinski definition) is 1. The summed E-state index contributed by atoms with van der Waals surface area (Å²) < 4.78 is 11.0. The summed E-state index contributed by atoms with van der Waals surface area (Å²) in [4.78, 5) is 14.6. The first kappa shape index (κ1) is 19.0. The van der Waals surface area contributed by atoms with Crippen molar-refractivity contribution in [2.45, 2.75) is 6.92 Å². The molecule has 0 radical (unpaired) electrons. The molecule has 4 rings (SSSR count). The number of carbonyl (C=O) groups is 1. The highest BCUT2D eigenvalue weighted by Gasteiger charge is 2.32. The molecule has 3 aromatic rings. The van der Waals surface area contributed by atoms with Gasteiger partial charge in [0.2, 0.25) is 0 Å². The summed E-state index contributed by atoms with van der Waals surface area (Å²) in [5.74, 6) is 1.23. The maximum Gasteiger partial charge on any atom is 0.281 e. The molecule has 1 N–H and O–H groups in total. The molecule has 1 aliphatic rings. The van der Waals surface area contributed by atoms with E-state index in [0.717, 1.165) is 22.1 Å². The molecule has 6 heteroatoms. The van der Waals surface area contributed by atoms with Gasteiger partial charge in [0, 0.05) is 5.56 Å². The van der Waals surface area contributed by atoms with E-state index in [2.05, 4.69) is 5.32 Å². The number of thiocarbonyl (C=S) groups is 1. The Hall–Kier alpha value is -3.38. The van der Waals surface area contributed by atoms with Gasteiger partial charge in [0.05, 0.1) is 19.4 Å². The Bertz CT molecular complexity index is 1120. The molecule has 0 unspecified atom stereocenters. The molecule has 3 aromatic carbocycles. The van der Waals surface area contributed by atoms with E-state index in [0.29, 0.717) is 28.9 Å². The van der Waals surface area contributed by atoms with Crippen molar-refractivity contribution in [3.05, 3.63) is 71.9 Å². The first-order valence-corrected chi connectivity index (χ1v) is 9.69. The van der Waals surface area contributed by atoms with Crippen molar-refractivity contribution in [2.75, 3.05) is 18.6 Å². The smallest absolute Gasteiger partial charge is 0.281 e. The largest absolute Gasteiger partial charge is 0.497 e. The quantitative estimate of drug-likeness (QED) is 0.501. The fourth-order valence-corrected chi connectivity index (χ4v) is 3.65. The van der Waals surface area contributed by atoms with Crippen LogP contribution in [-0.2, 0) is 4.79 Å². The van der Waals surface area contributed by atoms with Crippen LogP contribution in [0.4, 0.5) is 5.69 Å². The molecule has 1 aliphatic heterocycles. The summed E-state index contributed by atoms with van der Waals surface area (Å²) >= 11 is 5.42. The van der Waals surface area contributed by atoms with Crippen LogP contribution in [0, 0.1) is 0 Å². The van der Waals surface area contributed by atoms with Gasteiger partial charge in [-0.3, -0.25) is 9.69 Å². The van der Waals surface area contributed by atoms with Crippen LogP contribution in [0.5, 0.6) is 11.5 Å². The summed E-state index contributed by atoms with van der Waals surface area (Å²) in [7, 11) is 1.60. The number of amides is 1. The minimum atomic E-state index is -0.212. The molecule has 1 amide bonds. The Morgan fingerprint density at radius 3 is 2.55 bits per heavy atom. The molecule has 0 spiro atoms. The lowest BCUT2D eigenvalue weighted by Gasteiger charge is -2.14. The van der Waals surface area contributed by atoms with E-state index >= 15 is 0 Å². The SMILES string of the molecule is CCOc1ccc2ccccc2c1/C=C1\NC(=S)N(c2ccc(OC)cc2)C1=O. The van der Waals surface area contributed by atoms with Gasteiger partial charge in [0.1, 0.15) is 17.2 Å². The highest BCUT2D eigenvalue weighted by molar-refractivity contribution is 7.80. The van der Waals surface area contributed by atoms with Gasteiger partial charge in [-0.25, -0.2) is 0 Å². The molecule has 0 aromatic heterocycles. The first-order chi connectivity index (χ1) is 14.1. The van der Waals surface area contributed by atoms with Gasteiger partial charge in [0.25, 0.3) is 5.91 Å². The molecule has 1 saturated heterocycles. The first-order valence-electron chi connectivity index (χ1n) is 9.28. The van der Waals surface area contributed by atoms with Gasteiger partial charge >= 0.3 is 0 Å². The molecule has 146 valence electrons. The van der Waals surface area contributed by atoms with Crippen molar-refractivity contribution >= 4 is 45.8 Å². The van der Waals surface area contributed by atoms with Crippen LogP contribution in [0.25, 0.3) is 16.8 Å². The number of nitrogens with zero attached hydrogens (tertiary/aromatic N) is 1. The monoisotopic (exact) mass is 404 g/mol. The van der Waals surface area contributed by atoms with Gasteiger partial charge in [-0.05, 0) is 66.3 Å². The molecule has 0 aliphatic carbocycles. The average molecular weight is 404 g/mol. The second-order valence-corrected chi connectivity index (χ2v) is 6.84. The fraction of sp³-hybridized carbons (Fsp3) is 0.130. The van der Waals surface area contributed by atoms with E-state index in [9.17, 15) is 4.79 Å². The zero-order valence-corrected chi connectivity index (χ0v) is 17.0. The summed E-state index contributed by atoms with van der Waals surface area (Å²) in [6, 6.07) is 19.1. The third-order valence-electron chi connectivity index (χ3n) is 4.73. The lowest BCUT2D eigenvalue weighted by atomic mass is 10.0. The third-order valence-corrected chi connectivity index (χ3v) is 5.01. The van der Waals surface area contributed by atoms with Gasteiger partial charge in [-0.1, -0.05) is 30.3 Å². The summed E-state index contributed by atoms with van der Waals surface area (Å²) in [5, 5.41) is 5.46. The van der Waals surface area contributed by atoms with Gasteiger partial charge in [0.15, 0.2) is 5.11 Å². The van der Waals surface area contributed by atoms with Crippen LogP contribution < -0.4 is 19.7 Å². The third kappa shape index (κ3) is 3.54. The Balaban J connectivity index is 1.76. The number of rotatable bonds is 5. The highest BCUT2D eigenvalue weighted by Crippen LogP contribution is 2.32. The van der Waals surface area contributed by atoms with Crippen LogP contribution in [0.3, 0.4) is 0 Å². The van der Waals surface area contributed by atoms with Crippen molar-refractivity contribution in [1.82, 2.24) is 5.32 Å². The van der Waals surface area contributed by atoms with Crippen molar-refractivity contribution in [1.29, 1.82) is 0 Å². The Labute approximate surface area is 174 Å². The van der Waals surface area contributed by atoms with E-state index in [1.165, 1.54) is 4.90 Å². The fourth-order valence-electron chi connectivity index (χ4n) is 3.35. The van der Waals surface area contributed by atoms with E-state index in [4.69, 9.17) is 21.7 Å². The van der Waals surface area contributed by atoms with Crippen LogP contribution in [0.15, 0.2) is 66.4 Å². The summed E-state index contributed by atoms with van der Waals surface area (Å²) in [6.45, 7) is 2.47. The second kappa shape index (κ2) is 7.93. The predicted molar refractivity (Wildman–Crippen MR) is 119 cm³/mol. The van der Waals surface area contributed by atoms with Gasteiger partial charge in [-0.15, -0.1) is 0 Å². The Morgan fingerprint density at radius 1 is 1.07 bits per heavy atom. The molecule has 0 bridgehead atoms. The van der Waals surface area contributed by atoms with Crippen LogP contribution in [0.1, 0.15) is 12.5 Å². The molecule has 1 fully saturated rings. The lowest BCUT2D eigenvalue weighted by molar-refractivity contribution is -0.113. The summed E-state index contributed by atoms with van der Waals surface area (Å²) in [5.41, 5.74) is 1.93. The molecular weight excluding hydrogens is 384 g/mol. The van der Waals surface area contributed by atoms with Gasteiger partial charge < -0.3 is 14.8 Å². The standard InChI is InChI=1S/C23H20N2O3S/c1-3-28-21-13-8-15-6-4-5-7-18(15)19(21)14-20-22(26)25(23(29)24-20)16-9-11-17(27-2)12-10-16/h4-14H,3H2,1-2H3,(H,24,29)/b20-14-. The van der Waals surface area contributed by atoms with Gasteiger partial charge in [-0.2, -0.15) is 0 Å². The van der Waals surface area contributed by atoms with Crippen molar-refractivity contribution in [3.63, 3.8) is 0 Å². The topological polar surface area (TPSA) is 50.8 Å². The number of fused-ring (bicyclic) bond motifs is 1. The number of hydrogen-bond acceptors (Lipinski definition) is 4. The maximum absolute atomic E-state index is 13.1. The Morgan fingerprint density at radius 2 is 1.83 bits per heavy atom. The minimum absolute atomic E-state index is 0.212. The molecule has 5 nitrogen and oxygen atoms in total. The number of nitrogens with one attached hydrogen (secondary N) is 1. The number of benzene rings is 3. The predicted octanol–water partition coefficient (Wildman–Crippen LogP) is 4.51. The van der Waals surface area contributed by atoms with E-state index in [1.54, 1.807) is 31.4 Å². The van der Waals surface area contributed by atoms with Crippen LogP contribution >= 0.6 is 12.2 Å². The average Bonchev–Trinajstić information content (AvgIpc) is 3.03. The summed E-state index contributed by atoms with van der Waals surface area (Å²) in [6.07, 6.45) is 1.81. The zero-order chi connectivity index (χ0) is 20.4. The highest BCUT2D eigenvalue weighted by atomic mass is 32.1. The van der Waals surface area contributed by atoms with Crippen molar-refractivity contribution in [2.24, 2.45) is 0 Å². The lowest BCUT2D eigenvalue weighted by Crippen LogP contribution is -2.30. The van der Waals surface area contributed by atoms with E-state index < -0.39 is 0 Å². The number of carbonyl (C=O) groups excluding carboxylic acids is 1. The normalized spacial score (nSPS) is 15.1. The molecule has 29 heavy (non-hydrogen) atoms. The van der Waals surface area contributed by atoms with Crippen LogP contribution in [-0.4, -0.2) is 24.7 Å². The van der Waals surface area contributed by atoms with E-state index in [1.807, 2.05) is 49.4 Å². The molecule has 0 atom stereocenters. The number of ether oxygens (including phenoxy) is 2. The molecular formula is C23H20N2O3S. The maximum atomic E-state index is 13.1. The number of methoxy groups -OCH3 is 1. The van der Waals surface area contributed by atoms with E-state index in [-0.39, 0.29) is 5.91 Å². The molecule has 1 heterocycles. The molecule has 0 saturated carbocycles. The van der Waals surface area contributed by atoms with Crippen molar-refractivity contribution in [3.8, 4) is 11.5 Å². The minimum Gasteiger partial charge on any atom is -0.497 e. The second-order valence-electron chi connectivity index (χ2n) is 6.46. The number of anilines is 1. The Kier molecular flexibility index (Phi) is 5.18. The van der Waals surface area contributed by atoms with Crippen molar-refractivity contribution < 1.29 is 14.3 Å². The van der Waals surface area contributed by atoms with Crippen LogP contribution in [0.2, 0.25) is 0 Å². The zero-order valence-electron chi connectivity index (χ0n) is 16.1.